The fourth-order valence-corrected chi connectivity index (χ4v) is 2.77. The van der Waals surface area contributed by atoms with Gasteiger partial charge in [0.1, 0.15) is 11.6 Å². The molecule has 0 aliphatic carbocycles. The molecule has 0 radical (unpaired) electrons. The lowest BCUT2D eigenvalue weighted by Gasteiger charge is -2.15. The summed E-state index contributed by atoms with van der Waals surface area (Å²) in [6.07, 6.45) is 2.63. The van der Waals surface area contributed by atoms with E-state index in [4.69, 9.17) is 0 Å². The second-order valence-electron chi connectivity index (χ2n) is 4.92. The van der Waals surface area contributed by atoms with Gasteiger partial charge in [0.2, 0.25) is 0 Å². The summed E-state index contributed by atoms with van der Waals surface area (Å²) in [4.78, 5) is 3.07. The van der Waals surface area contributed by atoms with Crippen LogP contribution >= 0.6 is 0 Å². The molecule has 0 spiro atoms. The predicted molar refractivity (Wildman–Crippen MR) is 76.8 cm³/mol. The average Bonchev–Trinajstić information content (AvgIpc) is 2.85. The number of fused-ring (bicyclic) bond motifs is 1. The third-order valence-corrected chi connectivity index (χ3v) is 3.74. The maximum atomic E-state index is 14.0. The SMILES string of the molecule is CCC(c1ccccc1F)c1c[nH]c2cc(F)ccc12. The number of benzene rings is 2. The van der Waals surface area contributed by atoms with E-state index < -0.39 is 0 Å². The molecule has 0 aliphatic heterocycles. The van der Waals surface area contributed by atoms with E-state index in [9.17, 15) is 8.78 Å². The highest BCUT2D eigenvalue weighted by Crippen LogP contribution is 2.34. The zero-order valence-electron chi connectivity index (χ0n) is 11.2. The Morgan fingerprint density at radius 3 is 2.60 bits per heavy atom. The van der Waals surface area contributed by atoms with E-state index in [0.29, 0.717) is 5.56 Å². The van der Waals surface area contributed by atoms with Crippen molar-refractivity contribution in [2.75, 3.05) is 0 Å². The van der Waals surface area contributed by atoms with E-state index in [1.807, 2.05) is 25.3 Å². The molecule has 0 aliphatic rings. The predicted octanol–water partition coefficient (Wildman–Crippen LogP) is 4.99. The van der Waals surface area contributed by atoms with Crippen LogP contribution in [0.1, 0.15) is 30.4 Å². The minimum Gasteiger partial charge on any atom is -0.361 e. The molecular formula is C17H15F2N. The van der Waals surface area contributed by atoms with Crippen LogP contribution in [0.5, 0.6) is 0 Å². The lowest BCUT2D eigenvalue weighted by Crippen LogP contribution is -2.01. The molecule has 3 aromatic rings. The van der Waals surface area contributed by atoms with Gasteiger partial charge in [0.15, 0.2) is 0 Å². The Balaban J connectivity index is 2.15. The van der Waals surface area contributed by atoms with E-state index >= 15 is 0 Å². The van der Waals surface area contributed by atoms with Crippen molar-refractivity contribution in [2.24, 2.45) is 0 Å². The molecule has 1 aromatic heterocycles. The highest BCUT2D eigenvalue weighted by atomic mass is 19.1. The average molecular weight is 271 g/mol. The Labute approximate surface area is 116 Å². The van der Waals surface area contributed by atoms with Crippen LogP contribution in [0.15, 0.2) is 48.7 Å². The van der Waals surface area contributed by atoms with Gasteiger partial charge in [-0.25, -0.2) is 8.78 Å². The molecule has 2 aromatic carbocycles. The van der Waals surface area contributed by atoms with Gasteiger partial charge in [-0.15, -0.1) is 0 Å². The summed E-state index contributed by atoms with van der Waals surface area (Å²) in [6, 6.07) is 11.5. The number of rotatable bonds is 3. The first-order chi connectivity index (χ1) is 9.70. The fraction of sp³-hybridized carbons (Fsp3) is 0.176. The summed E-state index contributed by atoms with van der Waals surface area (Å²) in [5.41, 5.74) is 2.43. The molecule has 20 heavy (non-hydrogen) atoms. The molecule has 0 saturated heterocycles. The van der Waals surface area contributed by atoms with Gasteiger partial charge in [0, 0.05) is 23.0 Å². The highest BCUT2D eigenvalue weighted by Gasteiger charge is 2.19. The van der Waals surface area contributed by atoms with E-state index in [1.54, 1.807) is 12.1 Å². The molecule has 3 heteroatoms. The minimum atomic E-state index is -0.273. The van der Waals surface area contributed by atoms with Crippen molar-refractivity contribution in [2.45, 2.75) is 19.3 Å². The summed E-state index contributed by atoms with van der Waals surface area (Å²) >= 11 is 0. The third kappa shape index (κ3) is 2.09. The van der Waals surface area contributed by atoms with Crippen molar-refractivity contribution in [3.8, 4) is 0 Å². The quantitative estimate of drug-likeness (QED) is 0.691. The van der Waals surface area contributed by atoms with Crippen molar-refractivity contribution in [1.82, 2.24) is 4.98 Å². The van der Waals surface area contributed by atoms with Crippen molar-refractivity contribution in [3.05, 3.63) is 71.4 Å². The monoisotopic (exact) mass is 271 g/mol. The van der Waals surface area contributed by atoms with Crippen molar-refractivity contribution < 1.29 is 8.78 Å². The molecule has 0 amide bonds. The van der Waals surface area contributed by atoms with Crippen molar-refractivity contribution >= 4 is 10.9 Å². The first-order valence-electron chi connectivity index (χ1n) is 6.71. The van der Waals surface area contributed by atoms with Crippen molar-refractivity contribution in [1.29, 1.82) is 0 Å². The fourth-order valence-electron chi connectivity index (χ4n) is 2.77. The van der Waals surface area contributed by atoms with Crippen LogP contribution in [0.4, 0.5) is 8.78 Å². The first kappa shape index (κ1) is 12.9. The Hall–Kier alpha value is -2.16. The normalized spacial score (nSPS) is 12.8. The molecule has 1 heterocycles. The first-order valence-corrected chi connectivity index (χ1v) is 6.71. The summed E-state index contributed by atoms with van der Waals surface area (Å²) in [6.45, 7) is 2.03. The number of nitrogens with one attached hydrogen (secondary N) is 1. The summed E-state index contributed by atoms with van der Waals surface area (Å²) in [5.74, 6) is -0.504. The Bertz CT molecular complexity index is 746. The molecule has 102 valence electrons. The minimum absolute atomic E-state index is 0.0320. The smallest absolute Gasteiger partial charge is 0.127 e. The van der Waals surface area contributed by atoms with Gasteiger partial charge in [0.25, 0.3) is 0 Å². The number of aromatic nitrogens is 1. The highest BCUT2D eigenvalue weighted by molar-refractivity contribution is 5.84. The Morgan fingerprint density at radius 1 is 1.05 bits per heavy atom. The van der Waals surface area contributed by atoms with Gasteiger partial charge in [-0.05, 0) is 41.8 Å². The van der Waals surface area contributed by atoms with Gasteiger partial charge in [-0.1, -0.05) is 25.1 Å². The van der Waals surface area contributed by atoms with Crippen LogP contribution in [-0.2, 0) is 0 Å². The standard InChI is InChI=1S/C17H15F2N/c1-2-12(13-5-3-4-6-16(13)19)15-10-20-17-9-11(18)7-8-14(15)17/h3-10,12,20H,2H2,1H3. The lowest BCUT2D eigenvalue weighted by atomic mass is 9.88. The number of hydrogen-bond donors (Lipinski definition) is 1. The van der Waals surface area contributed by atoms with Crippen LogP contribution < -0.4 is 0 Å². The molecule has 1 atom stereocenters. The molecule has 1 N–H and O–H groups in total. The molecule has 3 rings (SSSR count). The van der Waals surface area contributed by atoms with E-state index in [-0.39, 0.29) is 17.6 Å². The lowest BCUT2D eigenvalue weighted by molar-refractivity contribution is 0.593. The zero-order chi connectivity index (χ0) is 14.1. The van der Waals surface area contributed by atoms with Crippen LogP contribution in [0, 0.1) is 11.6 Å². The number of aromatic amines is 1. The largest absolute Gasteiger partial charge is 0.361 e. The Kier molecular flexibility index (Phi) is 3.26. The zero-order valence-corrected chi connectivity index (χ0v) is 11.2. The molecule has 0 fully saturated rings. The molecule has 1 nitrogen and oxygen atoms in total. The maximum Gasteiger partial charge on any atom is 0.127 e. The second kappa shape index (κ2) is 5.08. The number of hydrogen-bond acceptors (Lipinski definition) is 0. The van der Waals surface area contributed by atoms with E-state index in [2.05, 4.69) is 4.98 Å². The number of H-pyrrole nitrogens is 1. The summed E-state index contributed by atoms with van der Waals surface area (Å²) in [5, 5.41) is 0.946. The molecule has 0 saturated carbocycles. The summed E-state index contributed by atoms with van der Waals surface area (Å²) in [7, 11) is 0. The molecule has 1 unspecified atom stereocenters. The topological polar surface area (TPSA) is 15.8 Å². The van der Waals surface area contributed by atoms with Crippen LogP contribution in [-0.4, -0.2) is 4.98 Å². The summed E-state index contributed by atoms with van der Waals surface area (Å²) < 4.78 is 27.2. The molecule has 0 bridgehead atoms. The van der Waals surface area contributed by atoms with Gasteiger partial charge >= 0.3 is 0 Å². The van der Waals surface area contributed by atoms with Gasteiger partial charge in [-0.3, -0.25) is 0 Å². The second-order valence-corrected chi connectivity index (χ2v) is 4.92. The molecular weight excluding hydrogens is 256 g/mol. The van der Waals surface area contributed by atoms with E-state index in [0.717, 1.165) is 22.9 Å². The van der Waals surface area contributed by atoms with Crippen molar-refractivity contribution in [3.63, 3.8) is 0 Å². The van der Waals surface area contributed by atoms with Gasteiger partial charge in [0.05, 0.1) is 0 Å². The van der Waals surface area contributed by atoms with Crippen LogP contribution in [0.3, 0.4) is 0 Å². The van der Waals surface area contributed by atoms with Crippen LogP contribution in [0.2, 0.25) is 0 Å². The number of halogens is 2. The maximum absolute atomic E-state index is 14.0. The van der Waals surface area contributed by atoms with Gasteiger partial charge in [-0.2, -0.15) is 0 Å². The van der Waals surface area contributed by atoms with Gasteiger partial charge < -0.3 is 4.98 Å². The van der Waals surface area contributed by atoms with Crippen LogP contribution in [0.25, 0.3) is 10.9 Å². The Morgan fingerprint density at radius 2 is 1.85 bits per heavy atom. The van der Waals surface area contributed by atoms with E-state index in [1.165, 1.54) is 18.2 Å². The third-order valence-electron chi connectivity index (χ3n) is 3.74.